The van der Waals surface area contributed by atoms with Gasteiger partial charge in [-0.25, -0.2) is 0 Å². The predicted molar refractivity (Wildman–Crippen MR) is 144 cm³/mol. The average molecular weight is 600 g/mol. The Kier molecular flexibility index (Phi) is 8.88. The van der Waals surface area contributed by atoms with Gasteiger partial charge in [-0.15, -0.1) is 0 Å². The zero-order valence-corrected chi connectivity index (χ0v) is 22.9. The normalized spacial score (nSPS) is 11.4. The van der Waals surface area contributed by atoms with Gasteiger partial charge < -0.3 is 14.2 Å². The fraction of sp³-hybridized carbons (Fsp3) is 0.154. The molecule has 0 saturated carbocycles. The number of nitrogens with one attached hydrogen (secondary N) is 1. The van der Waals surface area contributed by atoms with Gasteiger partial charge in [-0.2, -0.15) is 13.7 Å². The van der Waals surface area contributed by atoms with Crippen LogP contribution in [0.15, 0.2) is 69.5 Å². The van der Waals surface area contributed by atoms with E-state index in [0.29, 0.717) is 11.1 Å². The van der Waals surface area contributed by atoms with Crippen molar-refractivity contribution in [3.05, 3.63) is 91.4 Å². The molecule has 0 atom stereocenters. The lowest BCUT2D eigenvalue weighted by Crippen LogP contribution is -2.14. The Bertz CT molecular complexity index is 1580. The molecule has 0 unspecified atom stereocenters. The average Bonchev–Trinajstić information content (AvgIpc) is 2.86. The number of non-ortho nitro benzene ring substituents is 1. The lowest BCUT2D eigenvalue weighted by atomic mass is 10.1. The molecular formula is C26H22BrN3O7S. The Morgan fingerprint density at radius 3 is 2.45 bits per heavy atom. The first kappa shape index (κ1) is 28.4. The highest BCUT2D eigenvalue weighted by Crippen LogP contribution is 2.39. The van der Waals surface area contributed by atoms with Crippen molar-refractivity contribution in [2.45, 2.75) is 25.7 Å². The lowest BCUT2D eigenvalue weighted by Gasteiger charge is -2.15. The van der Waals surface area contributed by atoms with Crippen LogP contribution in [-0.4, -0.2) is 25.9 Å². The third kappa shape index (κ3) is 6.76. The van der Waals surface area contributed by atoms with Crippen molar-refractivity contribution in [2.24, 2.45) is 0 Å². The van der Waals surface area contributed by atoms with E-state index < -0.39 is 20.9 Å². The van der Waals surface area contributed by atoms with Gasteiger partial charge in [0.05, 0.1) is 21.7 Å². The maximum absolute atomic E-state index is 12.8. The number of halogens is 1. The van der Waals surface area contributed by atoms with Crippen LogP contribution in [0.5, 0.6) is 11.5 Å². The Morgan fingerprint density at radius 1 is 1.16 bits per heavy atom. The van der Waals surface area contributed by atoms with Gasteiger partial charge in [0.2, 0.25) is 0 Å². The monoisotopic (exact) mass is 599 g/mol. The topological polar surface area (TPSA) is 149 Å². The van der Waals surface area contributed by atoms with Gasteiger partial charge >= 0.3 is 10.1 Å². The number of nitriles is 1. The summed E-state index contributed by atoms with van der Waals surface area (Å²) < 4.78 is 36.8. The van der Waals surface area contributed by atoms with Crippen molar-refractivity contribution in [1.29, 1.82) is 5.26 Å². The van der Waals surface area contributed by atoms with Crippen LogP contribution < -0.4 is 14.2 Å². The van der Waals surface area contributed by atoms with Crippen LogP contribution in [0.1, 0.15) is 23.6 Å². The molecule has 0 fully saturated rings. The molecule has 0 aliphatic rings. The van der Waals surface area contributed by atoms with E-state index >= 15 is 0 Å². The number of benzene rings is 3. The Morgan fingerprint density at radius 2 is 1.84 bits per heavy atom. The molecule has 0 heterocycles. The zero-order valence-electron chi connectivity index (χ0n) is 20.5. The number of amides is 1. The molecule has 3 rings (SSSR count). The molecule has 12 heteroatoms. The quantitative estimate of drug-likeness (QED) is 0.108. The first-order chi connectivity index (χ1) is 17.9. The van der Waals surface area contributed by atoms with Crippen LogP contribution >= 0.6 is 15.9 Å². The first-order valence-electron chi connectivity index (χ1n) is 11.1. The molecule has 0 saturated heterocycles. The zero-order chi connectivity index (χ0) is 28.0. The number of aryl methyl sites for hydroxylation is 2. The van der Waals surface area contributed by atoms with Gasteiger partial charge in [-0.05, 0) is 78.2 Å². The predicted octanol–water partition coefficient (Wildman–Crippen LogP) is 5.69. The maximum atomic E-state index is 12.8. The highest BCUT2D eigenvalue weighted by Gasteiger charge is 2.23. The summed E-state index contributed by atoms with van der Waals surface area (Å²) in [5.41, 5.74) is 1.46. The SMILES string of the molecule is CCOc1cc(/C=C(\C#N)C(=O)Nc2cc([N+](=O)[O-])ccc2C)cc(Br)c1OS(=O)(=O)c1ccc(C)cc1. The molecule has 0 aromatic heterocycles. The lowest BCUT2D eigenvalue weighted by molar-refractivity contribution is -0.384. The molecule has 1 amide bonds. The van der Waals surface area contributed by atoms with Gasteiger partial charge in [-0.3, -0.25) is 14.9 Å². The molecule has 3 aromatic carbocycles. The van der Waals surface area contributed by atoms with E-state index in [9.17, 15) is 28.6 Å². The molecule has 0 bridgehead atoms. The highest BCUT2D eigenvalue weighted by atomic mass is 79.9. The van der Waals surface area contributed by atoms with Crippen molar-refractivity contribution >= 4 is 49.4 Å². The second-order valence-electron chi connectivity index (χ2n) is 7.99. The summed E-state index contributed by atoms with van der Waals surface area (Å²) in [7, 11) is -4.19. The van der Waals surface area contributed by atoms with E-state index in [1.165, 1.54) is 48.5 Å². The fourth-order valence-electron chi connectivity index (χ4n) is 3.24. The number of carbonyl (C=O) groups is 1. The minimum Gasteiger partial charge on any atom is -0.490 e. The minimum atomic E-state index is -4.19. The van der Waals surface area contributed by atoms with E-state index in [2.05, 4.69) is 21.2 Å². The number of anilines is 1. The van der Waals surface area contributed by atoms with Gasteiger partial charge in [0.25, 0.3) is 11.6 Å². The van der Waals surface area contributed by atoms with Gasteiger partial charge in [0.1, 0.15) is 16.5 Å². The van der Waals surface area contributed by atoms with Crippen molar-refractivity contribution < 1.29 is 27.1 Å². The number of nitrogens with zero attached hydrogens (tertiary/aromatic N) is 2. The summed E-state index contributed by atoms with van der Waals surface area (Å²) >= 11 is 3.29. The third-order valence-corrected chi connectivity index (χ3v) is 7.02. The summed E-state index contributed by atoms with van der Waals surface area (Å²) in [6.45, 7) is 5.36. The molecule has 38 heavy (non-hydrogen) atoms. The third-order valence-electron chi connectivity index (χ3n) is 5.19. The second-order valence-corrected chi connectivity index (χ2v) is 10.4. The number of ether oxygens (including phenoxy) is 1. The van der Waals surface area contributed by atoms with Crippen LogP contribution in [0.4, 0.5) is 11.4 Å². The van der Waals surface area contributed by atoms with Crippen LogP contribution in [-0.2, 0) is 14.9 Å². The summed E-state index contributed by atoms with van der Waals surface area (Å²) in [6.07, 6.45) is 1.27. The number of hydrogen-bond acceptors (Lipinski definition) is 8. The van der Waals surface area contributed by atoms with Crippen LogP contribution in [0.3, 0.4) is 0 Å². The van der Waals surface area contributed by atoms with Crippen molar-refractivity contribution in [3.63, 3.8) is 0 Å². The first-order valence-corrected chi connectivity index (χ1v) is 13.3. The molecule has 0 aliphatic heterocycles. The van der Waals surface area contributed by atoms with E-state index in [4.69, 9.17) is 8.92 Å². The van der Waals surface area contributed by atoms with Gasteiger partial charge in [-0.1, -0.05) is 23.8 Å². The van der Waals surface area contributed by atoms with Crippen LogP contribution in [0.25, 0.3) is 6.08 Å². The molecule has 196 valence electrons. The van der Waals surface area contributed by atoms with Crippen molar-refractivity contribution in [1.82, 2.24) is 0 Å². The minimum absolute atomic E-state index is 0.0405. The van der Waals surface area contributed by atoms with E-state index in [-0.39, 0.29) is 44.4 Å². The molecule has 1 N–H and O–H groups in total. The number of rotatable bonds is 9. The molecule has 10 nitrogen and oxygen atoms in total. The summed E-state index contributed by atoms with van der Waals surface area (Å²) in [4.78, 5) is 23.2. The van der Waals surface area contributed by atoms with Crippen LogP contribution in [0.2, 0.25) is 0 Å². The highest BCUT2D eigenvalue weighted by molar-refractivity contribution is 9.10. The van der Waals surface area contributed by atoms with Gasteiger partial charge in [0.15, 0.2) is 11.5 Å². The standard InChI is InChI=1S/C26H22BrN3O7S/c1-4-36-24-13-18(12-22(27)25(24)37-38(34,35)21-9-5-16(2)6-10-21)11-19(15-28)26(31)29-23-14-20(30(32)33)8-7-17(23)3/h5-14H,4H2,1-3H3,(H,29,31)/b19-11+. The maximum Gasteiger partial charge on any atom is 0.339 e. The number of hydrogen-bond donors (Lipinski definition) is 1. The molecular weight excluding hydrogens is 578 g/mol. The smallest absolute Gasteiger partial charge is 0.339 e. The Labute approximate surface area is 227 Å². The Hall–Kier alpha value is -4.21. The van der Waals surface area contributed by atoms with Crippen molar-refractivity contribution in [3.8, 4) is 17.6 Å². The Balaban J connectivity index is 1.95. The summed E-state index contributed by atoms with van der Waals surface area (Å²) in [6, 6.07) is 14.8. The van der Waals surface area contributed by atoms with Gasteiger partial charge in [0, 0.05) is 12.1 Å². The molecule has 0 radical (unpaired) electrons. The van der Waals surface area contributed by atoms with E-state index in [1.807, 2.05) is 13.0 Å². The van der Waals surface area contributed by atoms with E-state index in [1.54, 1.807) is 26.0 Å². The second kappa shape index (κ2) is 11.9. The number of nitro benzene ring substituents is 1. The van der Waals surface area contributed by atoms with Crippen molar-refractivity contribution in [2.75, 3.05) is 11.9 Å². The molecule has 3 aromatic rings. The number of carbonyl (C=O) groups excluding carboxylic acids is 1. The summed E-state index contributed by atoms with van der Waals surface area (Å²) in [5.74, 6) is -0.816. The molecule has 0 spiro atoms. The fourth-order valence-corrected chi connectivity index (χ4v) is 4.85. The largest absolute Gasteiger partial charge is 0.490 e. The van der Waals surface area contributed by atoms with E-state index in [0.717, 1.165) is 5.56 Å². The van der Waals surface area contributed by atoms with Crippen LogP contribution in [0, 0.1) is 35.3 Å². The molecule has 0 aliphatic carbocycles. The number of nitro groups is 1. The summed E-state index contributed by atoms with van der Waals surface area (Å²) in [5, 5.41) is 23.2.